The van der Waals surface area contributed by atoms with Crippen LogP contribution in [0.15, 0.2) is 28.3 Å². The molecule has 19 heavy (non-hydrogen) atoms. The smallest absolute Gasteiger partial charge is 0.242 e. The third kappa shape index (κ3) is 4.05. The lowest BCUT2D eigenvalue weighted by Gasteiger charge is -2.12. The van der Waals surface area contributed by atoms with Gasteiger partial charge in [-0.3, -0.25) is 0 Å². The maximum Gasteiger partial charge on any atom is 0.242 e. The predicted octanol–water partition coefficient (Wildman–Crippen LogP) is 1.14. The lowest BCUT2D eigenvalue weighted by atomic mass is 10.2. The molecule has 1 unspecified atom stereocenters. The molecule has 0 amide bonds. The molecule has 0 spiro atoms. The monoisotopic (exact) mass is 309 g/mol. The summed E-state index contributed by atoms with van der Waals surface area (Å²) in [5, 5.41) is 11.1. The number of hydrogen-bond donors (Lipinski definition) is 3. The predicted molar refractivity (Wildman–Crippen MR) is 69.2 cm³/mol. The molecule has 106 valence electrons. The zero-order chi connectivity index (χ0) is 14.6. The lowest BCUT2D eigenvalue weighted by molar-refractivity contribution is 0.314. The molecule has 4 N–H and O–H groups in total. The van der Waals surface area contributed by atoms with Crippen LogP contribution < -0.4 is 10.5 Å². The van der Waals surface area contributed by atoms with E-state index in [2.05, 4.69) is 9.88 Å². The second-order valence-corrected chi connectivity index (χ2v) is 6.00. The molecule has 0 aliphatic rings. The first kappa shape index (κ1) is 15.7. The Bertz CT molecular complexity index is 592. The molecule has 0 saturated heterocycles. The van der Waals surface area contributed by atoms with Crippen LogP contribution in [0, 0.1) is 11.7 Å². The van der Waals surface area contributed by atoms with Gasteiger partial charge in [0.15, 0.2) is 0 Å². The molecular formula is C10H13ClFN3O3S. The molecule has 1 atom stereocenters. The van der Waals surface area contributed by atoms with Crippen LogP contribution in [0.25, 0.3) is 0 Å². The van der Waals surface area contributed by atoms with Gasteiger partial charge in [0.05, 0.1) is 5.02 Å². The molecule has 0 fully saturated rings. The van der Waals surface area contributed by atoms with Gasteiger partial charge < -0.3 is 10.9 Å². The molecule has 0 aromatic heterocycles. The highest BCUT2D eigenvalue weighted by Crippen LogP contribution is 2.21. The van der Waals surface area contributed by atoms with Crippen molar-refractivity contribution in [2.45, 2.75) is 11.8 Å². The minimum absolute atomic E-state index is 0.0923. The number of oxime groups is 1. The van der Waals surface area contributed by atoms with Gasteiger partial charge in [0.1, 0.15) is 16.5 Å². The SMILES string of the molecule is CC(CNS(=O)(=O)c1cc(F)ccc1Cl)/C(N)=N/O. The van der Waals surface area contributed by atoms with Crippen LogP contribution in [0.3, 0.4) is 0 Å². The van der Waals surface area contributed by atoms with Gasteiger partial charge >= 0.3 is 0 Å². The van der Waals surface area contributed by atoms with E-state index in [4.69, 9.17) is 22.5 Å². The van der Waals surface area contributed by atoms with E-state index in [1.807, 2.05) is 0 Å². The largest absolute Gasteiger partial charge is 0.409 e. The highest BCUT2D eigenvalue weighted by molar-refractivity contribution is 7.89. The Labute approximate surface area is 115 Å². The second-order valence-electron chi connectivity index (χ2n) is 3.85. The number of nitrogens with zero attached hydrogens (tertiary/aromatic N) is 1. The highest BCUT2D eigenvalue weighted by Gasteiger charge is 2.20. The third-order valence-corrected chi connectivity index (χ3v) is 4.29. The number of hydrogen-bond acceptors (Lipinski definition) is 4. The first-order chi connectivity index (χ1) is 8.77. The zero-order valence-corrected chi connectivity index (χ0v) is 11.5. The molecule has 0 saturated carbocycles. The third-order valence-electron chi connectivity index (χ3n) is 2.38. The maximum absolute atomic E-state index is 13.0. The first-order valence-corrected chi connectivity index (χ1v) is 7.06. The van der Waals surface area contributed by atoms with E-state index in [1.54, 1.807) is 6.92 Å². The summed E-state index contributed by atoms with van der Waals surface area (Å²) in [5.41, 5.74) is 5.32. The number of rotatable bonds is 5. The van der Waals surface area contributed by atoms with E-state index < -0.39 is 21.8 Å². The van der Waals surface area contributed by atoms with Gasteiger partial charge in [0.2, 0.25) is 10.0 Å². The van der Waals surface area contributed by atoms with Crippen molar-refractivity contribution >= 4 is 27.5 Å². The topological polar surface area (TPSA) is 105 Å². The molecule has 0 aliphatic carbocycles. The quantitative estimate of drug-likeness (QED) is 0.328. The van der Waals surface area contributed by atoms with Crippen molar-refractivity contribution in [2.24, 2.45) is 16.8 Å². The lowest BCUT2D eigenvalue weighted by Crippen LogP contribution is -2.34. The number of sulfonamides is 1. The van der Waals surface area contributed by atoms with Crippen LogP contribution in [0.4, 0.5) is 4.39 Å². The van der Waals surface area contributed by atoms with Crippen molar-refractivity contribution in [3.8, 4) is 0 Å². The summed E-state index contributed by atoms with van der Waals surface area (Å²) in [6.07, 6.45) is 0. The molecule has 1 aromatic rings. The van der Waals surface area contributed by atoms with Gasteiger partial charge in [0, 0.05) is 12.5 Å². The van der Waals surface area contributed by atoms with Crippen LogP contribution in [0.1, 0.15) is 6.92 Å². The number of nitrogens with two attached hydrogens (primary N) is 1. The Morgan fingerprint density at radius 1 is 1.63 bits per heavy atom. The Hall–Kier alpha value is -1.38. The van der Waals surface area contributed by atoms with E-state index >= 15 is 0 Å². The van der Waals surface area contributed by atoms with Gasteiger partial charge in [-0.1, -0.05) is 23.7 Å². The second kappa shape index (κ2) is 6.18. The van der Waals surface area contributed by atoms with E-state index in [-0.39, 0.29) is 22.3 Å². The van der Waals surface area contributed by atoms with Crippen molar-refractivity contribution < 1.29 is 18.0 Å². The number of nitrogens with one attached hydrogen (secondary N) is 1. The van der Waals surface area contributed by atoms with Crippen LogP contribution in [-0.2, 0) is 10.0 Å². The fourth-order valence-corrected chi connectivity index (χ4v) is 2.84. The molecule has 1 aromatic carbocycles. The fourth-order valence-electron chi connectivity index (χ4n) is 1.20. The Morgan fingerprint density at radius 2 is 2.26 bits per heavy atom. The summed E-state index contributed by atoms with van der Waals surface area (Å²) in [5.74, 6) is -1.35. The van der Waals surface area contributed by atoms with Crippen LogP contribution in [0.2, 0.25) is 5.02 Å². The molecule has 0 bridgehead atoms. The average Bonchev–Trinajstić information content (AvgIpc) is 2.37. The molecule has 6 nitrogen and oxygen atoms in total. The van der Waals surface area contributed by atoms with Gasteiger partial charge in [-0.2, -0.15) is 0 Å². The van der Waals surface area contributed by atoms with Crippen molar-refractivity contribution in [2.75, 3.05) is 6.54 Å². The minimum Gasteiger partial charge on any atom is -0.409 e. The van der Waals surface area contributed by atoms with E-state index in [1.165, 1.54) is 0 Å². The van der Waals surface area contributed by atoms with Crippen molar-refractivity contribution in [3.63, 3.8) is 0 Å². The summed E-state index contributed by atoms with van der Waals surface area (Å²) in [4.78, 5) is -0.360. The van der Waals surface area contributed by atoms with Crippen molar-refractivity contribution in [1.29, 1.82) is 0 Å². The minimum atomic E-state index is -3.96. The number of amidine groups is 1. The molecule has 1 rings (SSSR count). The van der Waals surface area contributed by atoms with E-state index in [0.29, 0.717) is 0 Å². The van der Waals surface area contributed by atoms with E-state index in [9.17, 15) is 12.8 Å². The molecular weight excluding hydrogens is 297 g/mol. The van der Waals surface area contributed by atoms with Gasteiger partial charge in [0.25, 0.3) is 0 Å². The van der Waals surface area contributed by atoms with Crippen LogP contribution >= 0.6 is 11.6 Å². The summed E-state index contributed by atoms with van der Waals surface area (Å²) in [6, 6.07) is 3.03. The summed E-state index contributed by atoms with van der Waals surface area (Å²) < 4.78 is 39.1. The molecule has 0 radical (unpaired) electrons. The summed E-state index contributed by atoms with van der Waals surface area (Å²) in [6.45, 7) is 1.45. The molecule has 0 heterocycles. The van der Waals surface area contributed by atoms with Crippen LogP contribution in [-0.4, -0.2) is 26.0 Å². The Balaban J connectivity index is 2.91. The van der Waals surface area contributed by atoms with Crippen LogP contribution in [0.5, 0.6) is 0 Å². The van der Waals surface area contributed by atoms with E-state index in [0.717, 1.165) is 18.2 Å². The number of halogens is 2. The molecule has 0 aliphatic heterocycles. The Morgan fingerprint density at radius 3 is 2.84 bits per heavy atom. The zero-order valence-electron chi connectivity index (χ0n) is 9.97. The average molecular weight is 310 g/mol. The summed E-state index contributed by atoms with van der Waals surface area (Å²) in [7, 11) is -3.96. The van der Waals surface area contributed by atoms with Crippen molar-refractivity contribution in [3.05, 3.63) is 29.0 Å². The highest BCUT2D eigenvalue weighted by atomic mass is 35.5. The molecule has 9 heteroatoms. The van der Waals surface area contributed by atoms with Gasteiger partial charge in [-0.05, 0) is 18.2 Å². The van der Waals surface area contributed by atoms with Crippen molar-refractivity contribution in [1.82, 2.24) is 4.72 Å². The first-order valence-electron chi connectivity index (χ1n) is 5.20. The fraction of sp³-hybridized carbons (Fsp3) is 0.300. The number of benzene rings is 1. The van der Waals surface area contributed by atoms with Gasteiger partial charge in [-0.15, -0.1) is 0 Å². The summed E-state index contributed by atoms with van der Waals surface area (Å²) >= 11 is 5.71. The Kier molecular flexibility index (Phi) is 5.10. The maximum atomic E-state index is 13.0. The normalized spacial score (nSPS) is 14.4. The van der Waals surface area contributed by atoms with Gasteiger partial charge in [-0.25, -0.2) is 17.5 Å². The standard InChI is InChI=1S/C10H13ClFN3O3S/c1-6(10(13)15-16)5-14-19(17,18)9-4-7(12)2-3-8(9)11/h2-4,6,14,16H,5H2,1H3,(H2,13,15).